The number of rotatable bonds is 1. The molecule has 0 radical (unpaired) electrons. The van der Waals surface area contributed by atoms with Crippen LogP contribution in [0.3, 0.4) is 0 Å². The van der Waals surface area contributed by atoms with Crippen LogP contribution in [0, 0.1) is 20.8 Å². The third kappa shape index (κ3) is 2.82. The maximum absolute atomic E-state index is 2.30. The molecular formula is C23H23IN+. The van der Waals surface area contributed by atoms with Gasteiger partial charge in [0.25, 0.3) is 0 Å². The molecule has 4 rings (SSSR count). The number of pyridine rings is 1. The van der Waals surface area contributed by atoms with Gasteiger partial charge in [0.05, 0.1) is 10.8 Å². The van der Waals surface area contributed by atoms with Gasteiger partial charge in [0.2, 0.25) is 11.0 Å². The van der Waals surface area contributed by atoms with Crippen molar-refractivity contribution < 1.29 is 4.57 Å². The van der Waals surface area contributed by atoms with Gasteiger partial charge in [-0.15, -0.1) is 24.0 Å². The van der Waals surface area contributed by atoms with E-state index in [2.05, 4.69) is 93.0 Å². The van der Waals surface area contributed by atoms with Crippen LogP contribution >= 0.6 is 24.0 Å². The molecule has 0 saturated heterocycles. The van der Waals surface area contributed by atoms with Crippen LogP contribution in [0.5, 0.6) is 0 Å². The Morgan fingerprint density at radius 3 is 1.56 bits per heavy atom. The van der Waals surface area contributed by atoms with Gasteiger partial charge < -0.3 is 0 Å². The molecule has 4 aromatic rings. The highest BCUT2D eigenvalue weighted by atomic mass is 127. The maximum atomic E-state index is 2.30. The van der Waals surface area contributed by atoms with Gasteiger partial charge in [-0.25, -0.2) is 0 Å². The molecule has 2 heteroatoms. The van der Waals surface area contributed by atoms with Crippen LogP contribution in [0.2, 0.25) is 0 Å². The van der Waals surface area contributed by atoms with Crippen molar-refractivity contribution in [3.63, 3.8) is 0 Å². The minimum atomic E-state index is 0. The Morgan fingerprint density at radius 1 is 0.640 bits per heavy atom. The number of hydrogen-bond donors (Lipinski definition) is 0. The summed E-state index contributed by atoms with van der Waals surface area (Å²) in [5, 5.41) is 2.63. The molecule has 0 aliphatic carbocycles. The summed E-state index contributed by atoms with van der Waals surface area (Å²) in [6.07, 6.45) is 0. The fourth-order valence-electron chi connectivity index (χ4n) is 4.07. The van der Waals surface area contributed by atoms with Crippen LogP contribution in [0.4, 0.5) is 0 Å². The first-order chi connectivity index (χ1) is 11.6. The van der Waals surface area contributed by atoms with E-state index in [1.807, 2.05) is 0 Å². The summed E-state index contributed by atoms with van der Waals surface area (Å²) in [4.78, 5) is 0. The zero-order valence-corrected chi connectivity index (χ0v) is 17.5. The lowest BCUT2D eigenvalue weighted by Gasteiger charge is -2.16. The minimum absolute atomic E-state index is 0. The number of hydrogen-bond acceptors (Lipinski definition) is 0. The molecular weight excluding hydrogens is 417 g/mol. The van der Waals surface area contributed by atoms with Crippen LogP contribution in [-0.2, 0) is 7.05 Å². The second-order valence-corrected chi connectivity index (χ2v) is 6.74. The van der Waals surface area contributed by atoms with E-state index in [9.17, 15) is 0 Å². The summed E-state index contributed by atoms with van der Waals surface area (Å²) in [5.74, 6) is 0. The lowest BCUT2D eigenvalue weighted by molar-refractivity contribution is -0.617. The van der Waals surface area contributed by atoms with E-state index in [4.69, 9.17) is 0 Å². The number of halogens is 1. The molecule has 0 N–H and O–H groups in total. The number of fused-ring (bicyclic) bond motifs is 2. The summed E-state index contributed by atoms with van der Waals surface area (Å²) in [7, 11) is 2.16. The SMILES string of the molecule is Cc1cc(C)c(-c2c3ccccc3[n+](C)c3ccccc23)c(C)c1.I. The van der Waals surface area contributed by atoms with Gasteiger partial charge in [0.1, 0.15) is 7.05 Å². The molecule has 0 unspecified atom stereocenters. The lowest BCUT2D eigenvalue weighted by Crippen LogP contribution is -2.30. The Morgan fingerprint density at radius 2 is 1.08 bits per heavy atom. The standard InChI is InChI=1S/C23H22N.HI/c1-15-13-16(2)22(17(3)14-15)23-18-9-5-7-11-20(18)24(4)21-12-8-6-10-19(21)23;/h5-14H,1-4H3;1H/q+1;. The van der Waals surface area contributed by atoms with Gasteiger partial charge in [-0.2, -0.15) is 4.57 Å². The van der Waals surface area contributed by atoms with Gasteiger partial charge in [-0.05, 0) is 49.6 Å². The summed E-state index contributed by atoms with van der Waals surface area (Å²) in [6, 6.07) is 22.0. The molecule has 0 saturated carbocycles. The van der Waals surface area contributed by atoms with Gasteiger partial charge in [0, 0.05) is 17.7 Å². The summed E-state index contributed by atoms with van der Waals surface area (Å²) >= 11 is 0. The van der Waals surface area contributed by atoms with Crippen molar-refractivity contribution in [1.29, 1.82) is 0 Å². The van der Waals surface area contributed by atoms with E-state index in [1.54, 1.807) is 0 Å². The predicted molar refractivity (Wildman–Crippen MR) is 118 cm³/mol. The summed E-state index contributed by atoms with van der Waals surface area (Å²) < 4.78 is 2.30. The minimum Gasteiger partial charge on any atom is -0.194 e. The van der Waals surface area contributed by atoms with Crippen LogP contribution < -0.4 is 4.57 Å². The van der Waals surface area contributed by atoms with Gasteiger partial charge in [-0.1, -0.05) is 42.0 Å². The first-order valence-corrected chi connectivity index (χ1v) is 8.45. The quantitative estimate of drug-likeness (QED) is 0.193. The third-order valence-electron chi connectivity index (χ3n) is 5.00. The Kier molecular flexibility index (Phi) is 4.83. The van der Waals surface area contributed by atoms with E-state index < -0.39 is 0 Å². The van der Waals surface area contributed by atoms with Crippen molar-refractivity contribution in [3.05, 3.63) is 77.4 Å². The predicted octanol–water partition coefficient (Wildman–Crippen LogP) is 6.03. The molecule has 1 nitrogen and oxygen atoms in total. The molecule has 126 valence electrons. The number of benzene rings is 3. The van der Waals surface area contributed by atoms with Crippen molar-refractivity contribution in [1.82, 2.24) is 0 Å². The molecule has 0 amide bonds. The molecule has 0 atom stereocenters. The summed E-state index contributed by atoms with van der Waals surface area (Å²) in [5.41, 5.74) is 9.27. The Balaban J connectivity index is 0.00000182. The first kappa shape index (κ1) is 17.9. The second kappa shape index (κ2) is 6.75. The van der Waals surface area contributed by atoms with E-state index in [-0.39, 0.29) is 24.0 Å². The average Bonchev–Trinajstić information content (AvgIpc) is 2.57. The second-order valence-electron chi connectivity index (χ2n) is 6.74. The van der Waals surface area contributed by atoms with Crippen molar-refractivity contribution in [3.8, 4) is 11.1 Å². The van der Waals surface area contributed by atoms with E-state index in [0.717, 1.165) is 0 Å². The zero-order valence-electron chi connectivity index (χ0n) is 15.1. The molecule has 0 spiro atoms. The number of aromatic nitrogens is 1. The number of para-hydroxylation sites is 2. The van der Waals surface area contributed by atoms with Crippen LogP contribution in [0.25, 0.3) is 32.9 Å². The Labute approximate surface area is 166 Å². The van der Waals surface area contributed by atoms with Crippen LogP contribution in [0.15, 0.2) is 60.7 Å². The van der Waals surface area contributed by atoms with Crippen LogP contribution in [0.1, 0.15) is 16.7 Å². The normalized spacial score (nSPS) is 10.9. The highest BCUT2D eigenvalue weighted by molar-refractivity contribution is 14.0. The fourth-order valence-corrected chi connectivity index (χ4v) is 4.07. The number of nitrogens with zero attached hydrogens (tertiary/aromatic N) is 1. The smallest absolute Gasteiger partial charge is 0.194 e. The first-order valence-electron chi connectivity index (χ1n) is 8.45. The van der Waals surface area contributed by atoms with Crippen molar-refractivity contribution in [2.24, 2.45) is 7.05 Å². The molecule has 1 heterocycles. The molecule has 0 aliphatic rings. The average molecular weight is 440 g/mol. The zero-order chi connectivity index (χ0) is 16.8. The van der Waals surface area contributed by atoms with E-state index in [1.165, 1.54) is 49.6 Å². The van der Waals surface area contributed by atoms with Gasteiger partial charge in [0.15, 0.2) is 0 Å². The van der Waals surface area contributed by atoms with E-state index >= 15 is 0 Å². The lowest BCUT2D eigenvalue weighted by atomic mass is 9.89. The Hall–Kier alpha value is -1.94. The third-order valence-corrected chi connectivity index (χ3v) is 5.00. The van der Waals surface area contributed by atoms with Crippen molar-refractivity contribution >= 4 is 45.8 Å². The molecule has 1 aromatic heterocycles. The molecule has 0 aliphatic heterocycles. The molecule has 0 bridgehead atoms. The molecule has 0 fully saturated rings. The summed E-state index contributed by atoms with van der Waals surface area (Å²) in [6.45, 7) is 6.63. The van der Waals surface area contributed by atoms with Crippen LogP contribution in [-0.4, -0.2) is 0 Å². The van der Waals surface area contributed by atoms with Crippen molar-refractivity contribution in [2.45, 2.75) is 20.8 Å². The van der Waals surface area contributed by atoms with Crippen molar-refractivity contribution in [2.75, 3.05) is 0 Å². The highest BCUT2D eigenvalue weighted by Crippen LogP contribution is 2.37. The Bertz CT molecular complexity index is 1020. The van der Waals surface area contributed by atoms with Gasteiger partial charge in [-0.3, -0.25) is 0 Å². The molecule has 3 aromatic carbocycles. The monoisotopic (exact) mass is 440 g/mol. The largest absolute Gasteiger partial charge is 0.213 e. The topological polar surface area (TPSA) is 3.88 Å². The van der Waals surface area contributed by atoms with E-state index in [0.29, 0.717) is 0 Å². The molecule has 25 heavy (non-hydrogen) atoms. The fraction of sp³-hybridized carbons (Fsp3) is 0.174. The number of aryl methyl sites for hydroxylation is 4. The maximum Gasteiger partial charge on any atom is 0.213 e. The highest BCUT2D eigenvalue weighted by Gasteiger charge is 2.20. The van der Waals surface area contributed by atoms with Gasteiger partial charge >= 0.3 is 0 Å².